The third-order valence-electron chi connectivity index (χ3n) is 3.29. The minimum atomic E-state index is -0.875. The van der Waals surface area contributed by atoms with E-state index in [1.54, 1.807) is 6.20 Å². The molecule has 3 rings (SSSR count). The molecule has 1 aliphatic carbocycles. The lowest BCUT2D eigenvalue weighted by Crippen LogP contribution is -1.97. The fourth-order valence-electron chi connectivity index (χ4n) is 2.14. The summed E-state index contributed by atoms with van der Waals surface area (Å²) in [5.74, 6) is -0.537. The van der Waals surface area contributed by atoms with Crippen LogP contribution in [0.5, 0.6) is 0 Å². The van der Waals surface area contributed by atoms with Crippen molar-refractivity contribution in [3.63, 3.8) is 0 Å². The van der Waals surface area contributed by atoms with Gasteiger partial charge in [-0.3, -0.25) is 4.98 Å². The van der Waals surface area contributed by atoms with Crippen LogP contribution in [0.2, 0.25) is 0 Å². The number of hydrogen-bond donors (Lipinski definition) is 1. The molecule has 1 saturated carbocycles. The lowest BCUT2D eigenvalue weighted by molar-refractivity contribution is 0.0700. The lowest BCUT2D eigenvalue weighted by atomic mass is 10.1. The van der Waals surface area contributed by atoms with E-state index in [2.05, 4.69) is 16.9 Å². The van der Waals surface area contributed by atoms with Crippen LogP contribution < -0.4 is 0 Å². The molecule has 0 spiro atoms. The van der Waals surface area contributed by atoms with Gasteiger partial charge >= 0.3 is 5.97 Å². The molecule has 0 saturated heterocycles. The Morgan fingerprint density at radius 1 is 1.53 bits per heavy atom. The number of carboxylic acid groups (broad SMARTS) is 1. The Morgan fingerprint density at radius 3 is 2.95 bits per heavy atom. The Kier molecular flexibility index (Phi) is 3.06. The quantitative estimate of drug-likeness (QED) is 0.928. The Labute approximate surface area is 115 Å². The van der Waals surface area contributed by atoms with E-state index in [1.165, 1.54) is 11.3 Å². The zero-order chi connectivity index (χ0) is 13.4. The summed E-state index contributed by atoms with van der Waals surface area (Å²) in [7, 11) is 0. The van der Waals surface area contributed by atoms with Crippen LogP contribution in [0.25, 0.3) is 10.7 Å². The largest absolute Gasteiger partial charge is 0.477 e. The number of nitrogens with zero attached hydrogens (tertiary/aromatic N) is 2. The number of aromatic nitrogens is 2. The molecule has 0 atom stereocenters. The highest BCUT2D eigenvalue weighted by atomic mass is 32.1. The maximum Gasteiger partial charge on any atom is 0.347 e. The van der Waals surface area contributed by atoms with Crippen molar-refractivity contribution >= 4 is 17.3 Å². The van der Waals surface area contributed by atoms with Gasteiger partial charge in [0.15, 0.2) is 0 Å². The molecule has 2 aromatic rings. The van der Waals surface area contributed by atoms with Crippen molar-refractivity contribution in [3.05, 3.63) is 34.5 Å². The van der Waals surface area contributed by atoms with Crippen LogP contribution in [0, 0.1) is 0 Å². The van der Waals surface area contributed by atoms with Crippen molar-refractivity contribution in [3.8, 4) is 10.7 Å². The second kappa shape index (κ2) is 4.74. The van der Waals surface area contributed by atoms with Crippen LogP contribution in [0.3, 0.4) is 0 Å². The summed E-state index contributed by atoms with van der Waals surface area (Å²) in [5.41, 5.74) is 2.68. The SMILES string of the molecule is CCc1cccnc1-c1nc(C2CC2)c(C(=O)O)s1. The zero-order valence-electron chi connectivity index (χ0n) is 10.6. The molecular weight excluding hydrogens is 260 g/mol. The van der Waals surface area contributed by atoms with Crippen LogP contribution >= 0.6 is 11.3 Å². The van der Waals surface area contributed by atoms with Crippen LogP contribution in [-0.2, 0) is 6.42 Å². The lowest BCUT2D eigenvalue weighted by Gasteiger charge is -2.02. The zero-order valence-corrected chi connectivity index (χ0v) is 11.4. The van der Waals surface area contributed by atoms with Gasteiger partial charge in [0, 0.05) is 12.1 Å². The summed E-state index contributed by atoms with van der Waals surface area (Å²) in [6.07, 6.45) is 4.69. The smallest absolute Gasteiger partial charge is 0.347 e. The maximum absolute atomic E-state index is 11.3. The Hall–Kier alpha value is -1.75. The highest BCUT2D eigenvalue weighted by molar-refractivity contribution is 7.17. The van der Waals surface area contributed by atoms with Crippen LogP contribution in [-0.4, -0.2) is 21.0 Å². The number of rotatable bonds is 4. The molecule has 0 unspecified atom stereocenters. The predicted octanol–water partition coefficient (Wildman–Crippen LogP) is 3.34. The molecule has 4 nitrogen and oxygen atoms in total. The molecule has 0 bridgehead atoms. The first kappa shape index (κ1) is 12.3. The van der Waals surface area contributed by atoms with Gasteiger partial charge in [0.1, 0.15) is 15.6 Å². The van der Waals surface area contributed by atoms with Crippen molar-refractivity contribution in [1.82, 2.24) is 9.97 Å². The van der Waals surface area contributed by atoms with Gasteiger partial charge in [0.2, 0.25) is 0 Å². The van der Waals surface area contributed by atoms with Crippen molar-refractivity contribution in [2.45, 2.75) is 32.1 Å². The number of carboxylic acids is 1. The highest BCUT2D eigenvalue weighted by Crippen LogP contribution is 2.44. The molecule has 2 heterocycles. The Bertz CT molecular complexity index is 632. The molecule has 0 amide bonds. The molecule has 0 radical (unpaired) electrons. The first-order valence-corrected chi connectivity index (χ1v) is 7.20. The van der Waals surface area contributed by atoms with Gasteiger partial charge < -0.3 is 5.11 Å². The third kappa shape index (κ3) is 2.26. The average Bonchev–Trinajstić information content (AvgIpc) is 3.17. The third-order valence-corrected chi connectivity index (χ3v) is 4.35. The van der Waals surface area contributed by atoms with Crippen molar-refractivity contribution < 1.29 is 9.90 Å². The van der Waals surface area contributed by atoms with Gasteiger partial charge in [-0.2, -0.15) is 0 Å². The van der Waals surface area contributed by atoms with E-state index in [4.69, 9.17) is 0 Å². The molecule has 1 fully saturated rings. The average molecular weight is 274 g/mol. The van der Waals surface area contributed by atoms with Crippen LogP contribution in [0.15, 0.2) is 18.3 Å². The predicted molar refractivity (Wildman–Crippen MR) is 73.7 cm³/mol. The minimum Gasteiger partial charge on any atom is -0.477 e. The van der Waals surface area contributed by atoms with Gasteiger partial charge in [-0.1, -0.05) is 13.0 Å². The van der Waals surface area contributed by atoms with E-state index in [1.807, 2.05) is 12.1 Å². The normalized spacial score (nSPS) is 14.6. The van der Waals surface area contributed by atoms with Gasteiger partial charge in [-0.15, -0.1) is 11.3 Å². The van der Waals surface area contributed by atoms with Gasteiger partial charge in [-0.05, 0) is 30.9 Å². The van der Waals surface area contributed by atoms with E-state index in [0.29, 0.717) is 10.8 Å². The summed E-state index contributed by atoms with van der Waals surface area (Å²) in [6, 6.07) is 3.91. The topological polar surface area (TPSA) is 63.1 Å². The number of pyridine rings is 1. The first-order valence-electron chi connectivity index (χ1n) is 6.39. The molecule has 1 aliphatic rings. The Morgan fingerprint density at radius 2 is 2.32 bits per heavy atom. The Balaban J connectivity index is 2.10. The summed E-state index contributed by atoms with van der Waals surface area (Å²) >= 11 is 1.25. The summed E-state index contributed by atoms with van der Waals surface area (Å²) in [6.45, 7) is 2.06. The molecule has 1 N–H and O–H groups in total. The molecule has 98 valence electrons. The van der Waals surface area contributed by atoms with Gasteiger partial charge in [0.25, 0.3) is 0 Å². The standard InChI is InChI=1S/C14H14N2O2S/c1-2-8-4-3-7-15-11(8)13-16-10(9-5-6-9)12(19-13)14(17)18/h3-4,7,9H,2,5-6H2,1H3,(H,17,18). The van der Waals surface area contributed by atoms with Gasteiger partial charge in [0.05, 0.1) is 5.69 Å². The fraction of sp³-hybridized carbons (Fsp3) is 0.357. The van der Waals surface area contributed by atoms with Crippen LogP contribution in [0.4, 0.5) is 0 Å². The molecule has 5 heteroatoms. The second-order valence-corrected chi connectivity index (χ2v) is 5.68. The highest BCUT2D eigenvalue weighted by Gasteiger charge is 2.32. The minimum absolute atomic E-state index is 0.338. The van der Waals surface area contributed by atoms with E-state index in [9.17, 15) is 9.90 Å². The van der Waals surface area contributed by atoms with E-state index in [-0.39, 0.29) is 0 Å². The van der Waals surface area contributed by atoms with Crippen molar-refractivity contribution in [1.29, 1.82) is 0 Å². The number of aromatic carboxylic acids is 1. The summed E-state index contributed by atoms with van der Waals surface area (Å²) in [4.78, 5) is 20.6. The fourth-order valence-corrected chi connectivity index (χ4v) is 3.16. The van der Waals surface area contributed by atoms with Crippen LogP contribution in [0.1, 0.15) is 46.6 Å². The second-order valence-electron chi connectivity index (χ2n) is 4.68. The maximum atomic E-state index is 11.3. The summed E-state index contributed by atoms with van der Waals surface area (Å²) < 4.78 is 0. The number of thiazole rings is 1. The van der Waals surface area contributed by atoms with Crippen molar-refractivity contribution in [2.75, 3.05) is 0 Å². The summed E-state index contributed by atoms with van der Waals surface area (Å²) in [5, 5.41) is 10.0. The van der Waals surface area contributed by atoms with E-state index >= 15 is 0 Å². The number of hydrogen-bond acceptors (Lipinski definition) is 4. The van der Waals surface area contributed by atoms with Gasteiger partial charge in [-0.25, -0.2) is 9.78 Å². The molecule has 0 aromatic carbocycles. The molecule has 0 aliphatic heterocycles. The number of carbonyl (C=O) groups is 1. The van der Waals surface area contributed by atoms with E-state index < -0.39 is 5.97 Å². The molecule has 2 aromatic heterocycles. The first-order chi connectivity index (χ1) is 9.20. The van der Waals surface area contributed by atoms with E-state index in [0.717, 1.165) is 41.2 Å². The number of aryl methyl sites for hydroxylation is 1. The molecule has 19 heavy (non-hydrogen) atoms. The molecular formula is C14H14N2O2S. The monoisotopic (exact) mass is 274 g/mol. The van der Waals surface area contributed by atoms with Crippen molar-refractivity contribution in [2.24, 2.45) is 0 Å².